The predicted molar refractivity (Wildman–Crippen MR) is 110 cm³/mol. The molecule has 0 saturated heterocycles. The minimum Gasteiger partial charge on any atom is -0.481 e. The lowest BCUT2D eigenvalue weighted by atomic mass is 9.95. The van der Waals surface area contributed by atoms with Crippen LogP contribution in [0.5, 0.6) is 5.75 Å². The van der Waals surface area contributed by atoms with E-state index in [0.29, 0.717) is 12.6 Å². The fourth-order valence-electron chi connectivity index (χ4n) is 3.59. The monoisotopic (exact) mass is 359 g/mol. The lowest BCUT2D eigenvalue weighted by Crippen LogP contribution is -2.22. The SMILES string of the molecule is Cc1ccc(OCC#Cc2cnc3[nH]ccc3c2NC2CCCCC2)cc1. The number of rotatable bonds is 4. The van der Waals surface area contributed by atoms with Crippen molar-refractivity contribution in [2.24, 2.45) is 0 Å². The number of benzene rings is 1. The first-order chi connectivity index (χ1) is 13.3. The van der Waals surface area contributed by atoms with Gasteiger partial charge < -0.3 is 15.0 Å². The van der Waals surface area contributed by atoms with Crippen LogP contribution in [0.15, 0.2) is 42.7 Å². The molecule has 0 atom stereocenters. The van der Waals surface area contributed by atoms with E-state index in [9.17, 15) is 0 Å². The smallest absolute Gasteiger partial charge is 0.149 e. The van der Waals surface area contributed by atoms with Gasteiger partial charge in [0, 0.05) is 23.8 Å². The maximum absolute atomic E-state index is 5.72. The number of aryl methyl sites for hydroxylation is 1. The van der Waals surface area contributed by atoms with Crippen LogP contribution < -0.4 is 10.1 Å². The van der Waals surface area contributed by atoms with Crippen LogP contribution in [0, 0.1) is 18.8 Å². The Labute approximate surface area is 160 Å². The number of aromatic nitrogens is 2. The Kier molecular flexibility index (Phi) is 5.29. The first-order valence-electron chi connectivity index (χ1n) is 9.70. The standard InChI is InChI=1S/C23H25N3O/c1-17-9-11-20(12-10-17)27-15-5-6-18-16-25-23-21(13-14-24-23)22(18)26-19-7-3-2-4-8-19/h9-14,16,19H,2-4,7-8,15H2,1H3,(H2,24,25,26). The van der Waals surface area contributed by atoms with E-state index in [1.54, 1.807) is 0 Å². The summed E-state index contributed by atoms with van der Waals surface area (Å²) in [5, 5.41) is 4.84. The van der Waals surface area contributed by atoms with E-state index < -0.39 is 0 Å². The second kappa shape index (κ2) is 8.18. The Balaban J connectivity index is 1.52. The molecule has 138 valence electrons. The number of fused-ring (bicyclic) bond motifs is 1. The van der Waals surface area contributed by atoms with Gasteiger partial charge in [-0.1, -0.05) is 48.8 Å². The third-order valence-electron chi connectivity index (χ3n) is 5.10. The van der Waals surface area contributed by atoms with Gasteiger partial charge in [0.2, 0.25) is 0 Å². The van der Waals surface area contributed by atoms with Crippen molar-refractivity contribution in [1.29, 1.82) is 0 Å². The Morgan fingerprint density at radius 2 is 1.96 bits per heavy atom. The Morgan fingerprint density at radius 1 is 1.15 bits per heavy atom. The van der Waals surface area contributed by atoms with Crippen molar-refractivity contribution in [3.05, 3.63) is 53.9 Å². The normalized spacial score (nSPS) is 14.6. The van der Waals surface area contributed by atoms with E-state index in [1.165, 1.54) is 37.7 Å². The molecule has 2 N–H and O–H groups in total. The molecule has 3 aromatic rings. The van der Waals surface area contributed by atoms with Crippen LogP contribution in [0.25, 0.3) is 11.0 Å². The molecule has 1 saturated carbocycles. The predicted octanol–water partition coefficient (Wildman–Crippen LogP) is 5.05. The molecule has 1 aromatic carbocycles. The van der Waals surface area contributed by atoms with Crippen LogP contribution in [0.3, 0.4) is 0 Å². The molecule has 2 aromatic heterocycles. The number of aromatic amines is 1. The number of hydrogen-bond donors (Lipinski definition) is 2. The highest BCUT2D eigenvalue weighted by Crippen LogP contribution is 2.29. The van der Waals surface area contributed by atoms with Gasteiger partial charge in [0.15, 0.2) is 0 Å². The summed E-state index contributed by atoms with van der Waals surface area (Å²) in [6, 6.07) is 10.6. The number of pyridine rings is 1. The van der Waals surface area contributed by atoms with Crippen LogP contribution >= 0.6 is 0 Å². The molecule has 0 unspecified atom stereocenters. The summed E-state index contributed by atoms with van der Waals surface area (Å²) in [6.45, 7) is 2.42. The highest BCUT2D eigenvalue weighted by atomic mass is 16.5. The van der Waals surface area contributed by atoms with Crippen LogP contribution in [0.1, 0.15) is 43.2 Å². The molecule has 4 nitrogen and oxygen atoms in total. The van der Waals surface area contributed by atoms with E-state index in [-0.39, 0.29) is 0 Å². The molecule has 0 radical (unpaired) electrons. The molecule has 27 heavy (non-hydrogen) atoms. The van der Waals surface area contributed by atoms with Gasteiger partial charge in [-0.25, -0.2) is 4.98 Å². The van der Waals surface area contributed by atoms with Gasteiger partial charge >= 0.3 is 0 Å². The van der Waals surface area contributed by atoms with Gasteiger partial charge in [-0.3, -0.25) is 0 Å². The number of anilines is 1. The number of H-pyrrole nitrogens is 1. The zero-order valence-electron chi connectivity index (χ0n) is 15.7. The molecule has 0 spiro atoms. The summed E-state index contributed by atoms with van der Waals surface area (Å²) >= 11 is 0. The maximum Gasteiger partial charge on any atom is 0.149 e. The van der Waals surface area contributed by atoms with Crippen LogP contribution in [0.2, 0.25) is 0 Å². The van der Waals surface area contributed by atoms with Crippen LogP contribution in [-0.2, 0) is 0 Å². The summed E-state index contributed by atoms with van der Waals surface area (Å²) in [7, 11) is 0. The van der Waals surface area contributed by atoms with Gasteiger partial charge in [0.05, 0.1) is 11.3 Å². The highest BCUT2D eigenvalue weighted by Gasteiger charge is 2.16. The van der Waals surface area contributed by atoms with Crippen LogP contribution in [0.4, 0.5) is 5.69 Å². The van der Waals surface area contributed by atoms with Gasteiger partial charge in [0.25, 0.3) is 0 Å². The zero-order valence-corrected chi connectivity index (χ0v) is 15.7. The first kappa shape index (κ1) is 17.5. The number of nitrogens with zero attached hydrogens (tertiary/aromatic N) is 1. The Morgan fingerprint density at radius 3 is 2.78 bits per heavy atom. The molecular weight excluding hydrogens is 334 g/mol. The molecule has 1 fully saturated rings. The molecule has 2 heterocycles. The van der Waals surface area contributed by atoms with E-state index in [1.807, 2.05) is 36.7 Å². The number of nitrogens with one attached hydrogen (secondary N) is 2. The molecule has 0 bridgehead atoms. The van der Waals surface area contributed by atoms with Crippen molar-refractivity contribution in [2.75, 3.05) is 11.9 Å². The molecule has 4 heteroatoms. The van der Waals surface area contributed by atoms with Crippen LogP contribution in [-0.4, -0.2) is 22.6 Å². The van der Waals surface area contributed by atoms with Crippen molar-refractivity contribution < 1.29 is 4.74 Å². The topological polar surface area (TPSA) is 49.9 Å². The Bertz CT molecular complexity index is 957. The minimum atomic E-state index is 0.358. The second-order valence-corrected chi connectivity index (χ2v) is 7.17. The van der Waals surface area contributed by atoms with Gasteiger partial charge in [-0.05, 0) is 38.0 Å². The quantitative estimate of drug-likeness (QED) is 0.641. The van der Waals surface area contributed by atoms with Gasteiger partial charge in [0.1, 0.15) is 18.0 Å². The third kappa shape index (κ3) is 4.25. The van der Waals surface area contributed by atoms with Gasteiger partial charge in [-0.2, -0.15) is 0 Å². The molecule has 1 aliphatic carbocycles. The summed E-state index contributed by atoms with van der Waals surface area (Å²) < 4.78 is 5.72. The lowest BCUT2D eigenvalue weighted by molar-refractivity contribution is 0.370. The van der Waals surface area contributed by atoms with E-state index >= 15 is 0 Å². The lowest BCUT2D eigenvalue weighted by Gasteiger charge is -2.24. The number of hydrogen-bond acceptors (Lipinski definition) is 3. The molecular formula is C23H25N3O. The van der Waals surface area contributed by atoms with Crippen molar-refractivity contribution in [3.63, 3.8) is 0 Å². The van der Waals surface area contributed by atoms with Crippen molar-refractivity contribution in [2.45, 2.75) is 45.1 Å². The number of ether oxygens (including phenoxy) is 1. The van der Waals surface area contributed by atoms with E-state index in [4.69, 9.17) is 4.74 Å². The molecule has 0 amide bonds. The fraction of sp³-hybridized carbons (Fsp3) is 0.348. The molecule has 1 aliphatic rings. The van der Waals surface area contributed by atoms with E-state index in [2.05, 4.69) is 40.1 Å². The fourth-order valence-corrected chi connectivity index (χ4v) is 3.59. The minimum absolute atomic E-state index is 0.358. The zero-order chi connectivity index (χ0) is 18.5. The summed E-state index contributed by atoms with van der Waals surface area (Å²) in [5.41, 5.74) is 4.14. The largest absolute Gasteiger partial charge is 0.481 e. The van der Waals surface area contributed by atoms with Gasteiger partial charge in [-0.15, -0.1) is 0 Å². The summed E-state index contributed by atoms with van der Waals surface area (Å²) in [5.74, 6) is 7.23. The second-order valence-electron chi connectivity index (χ2n) is 7.17. The molecule has 4 rings (SSSR count). The average Bonchev–Trinajstić information content (AvgIpc) is 3.18. The van der Waals surface area contributed by atoms with E-state index in [0.717, 1.165) is 28.0 Å². The van der Waals surface area contributed by atoms with Crippen molar-refractivity contribution >= 4 is 16.7 Å². The Hall–Kier alpha value is -2.93. The first-order valence-corrected chi connectivity index (χ1v) is 9.70. The highest BCUT2D eigenvalue weighted by molar-refractivity contribution is 5.92. The average molecular weight is 359 g/mol. The molecule has 0 aliphatic heterocycles. The maximum atomic E-state index is 5.72. The van der Waals surface area contributed by atoms with Crippen molar-refractivity contribution in [1.82, 2.24) is 9.97 Å². The summed E-state index contributed by atoms with van der Waals surface area (Å²) in [4.78, 5) is 7.70. The summed E-state index contributed by atoms with van der Waals surface area (Å²) in [6.07, 6.45) is 10.2. The third-order valence-corrected chi connectivity index (χ3v) is 5.10. The van der Waals surface area contributed by atoms with Crippen molar-refractivity contribution in [3.8, 4) is 17.6 Å².